The van der Waals surface area contributed by atoms with Gasteiger partial charge in [0.2, 0.25) is 5.91 Å². The highest BCUT2D eigenvalue weighted by molar-refractivity contribution is 5.79. The zero-order valence-corrected chi connectivity index (χ0v) is 19.4. The van der Waals surface area contributed by atoms with Gasteiger partial charge in [-0.1, -0.05) is 42.5 Å². The lowest BCUT2D eigenvalue weighted by Crippen LogP contribution is -2.41. The van der Waals surface area contributed by atoms with Gasteiger partial charge in [-0.25, -0.2) is 9.50 Å². The highest BCUT2D eigenvalue weighted by atomic mass is 16.5. The van der Waals surface area contributed by atoms with Crippen LogP contribution in [0, 0.1) is 5.92 Å². The van der Waals surface area contributed by atoms with Crippen LogP contribution in [0.5, 0.6) is 5.75 Å². The molecule has 0 atom stereocenters. The molecule has 1 fully saturated rings. The van der Waals surface area contributed by atoms with Crippen LogP contribution in [0.3, 0.4) is 0 Å². The number of hydrogen-bond acceptors (Lipinski definition) is 5. The van der Waals surface area contributed by atoms with Gasteiger partial charge in [0.15, 0.2) is 5.82 Å². The van der Waals surface area contributed by atoms with Crippen molar-refractivity contribution in [2.75, 3.05) is 31.6 Å². The summed E-state index contributed by atoms with van der Waals surface area (Å²) in [6.07, 6.45) is 6.14. The summed E-state index contributed by atoms with van der Waals surface area (Å²) in [5, 5.41) is 7.86. The summed E-state index contributed by atoms with van der Waals surface area (Å²) in [7, 11) is 1.66. The number of carbonyl (C=O) groups excluding carboxylic acids is 1. The summed E-state index contributed by atoms with van der Waals surface area (Å²) < 4.78 is 7.23. The van der Waals surface area contributed by atoms with E-state index in [4.69, 9.17) is 9.84 Å². The van der Waals surface area contributed by atoms with E-state index in [0.717, 1.165) is 60.7 Å². The summed E-state index contributed by atoms with van der Waals surface area (Å²) in [5.41, 5.74) is 4.08. The number of carbonyl (C=O) groups is 1. The zero-order valence-electron chi connectivity index (χ0n) is 19.4. The van der Waals surface area contributed by atoms with Crippen molar-refractivity contribution in [1.29, 1.82) is 0 Å². The van der Waals surface area contributed by atoms with Crippen molar-refractivity contribution >= 4 is 17.2 Å². The predicted molar refractivity (Wildman–Crippen MR) is 133 cm³/mol. The molecule has 1 N–H and O–H groups in total. The number of nitrogens with one attached hydrogen (secondary N) is 1. The molecule has 3 heterocycles. The fraction of sp³-hybridized carbons (Fsp3) is 0.296. The smallest absolute Gasteiger partial charge is 0.223 e. The van der Waals surface area contributed by atoms with Gasteiger partial charge in [0, 0.05) is 43.5 Å². The summed E-state index contributed by atoms with van der Waals surface area (Å²) in [4.78, 5) is 19.6. The molecule has 174 valence electrons. The SMILES string of the molecule is COc1cccc(-c2cc3c(N4CCC(C(=O)NCCc5ccccc5)CC4)nccn3n2)c1. The Morgan fingerprint density at radius 1 is 1.09 bits per heavy atom. The number of nitrogens with zero attached hydrogens (tertiary/aromatic N) is 4. The van der Waals surface area contributed by atoms with E-state index in [1.807, 2.05) is 53.2 Å². The van der Waals surface area contributed by atoms with Crippen LogP contribution in [0.4, 0.5) is 5.82 Å². The fourth-order valence-corrected chi connectivity index (χ4v) is 4.55. The van der Waals surface area contributed by atoms with Crippen molar-refractivity contribution in [2.45, 2.75) is 19.3 Å². The van der Waals surface area contributed by atoms with Crippen molar-refractivity contribution < 1.29 is 9.53 Å². The molecule has 4 aromatic rings. The van der Waals surface area contributed by atoms with Crippen molar-refractivity contribution in [3.05, 3.63) is 78.6 Å². The van der Waals surface area contributed by atoms with Crippen LogP contribution in [-0.4, -0.2) is 47.2 Å². The lowest BCUT2D eigenvalue weighted by molar-refractivity contribution is -0.125. The van der Waals surface area contributed by atoms with Gasteiger partial charge >= 0.3 is 0 Å². The topological polar surface area (TPSA) is 71.8 Å². The number of rotatable bonds is 7. The highest BCUT2D eigenvalue weighted by Gasteiger charge is 2.26. The first-order valence-corrected chi connectivity index (χ1v) is 11.8. The summed E-state index contributed by atoms with van der Waals surface area (Å²) in [6, 6.07) is 20.2. The van der Waals surface area contributed by atoms with E-state index in [1.54, 1.807) is 13.3 Å². The first-order chi connectivity index (χ1) is 16.7. The van der Waals surface area contributed by atoms with Crippen LogP contribution in [0.2, 0.25) is 0 Å². The molecule has 1 aliphatic heterocycles. The Labute approximate surface area is 199 Å². The van der Waals surface area contributed by atoms with Crippen LogP contribution >= 0.6 is 0 Å². The third kappa shape index (κ3) is 4.73. The van der Waals surface area contributed by atoms with Gasteiger partial charge in [0.25, 0.3) is 0 Å². The third-order valence-electron chi connectivity index (χ3n) is 6.46. The third-order valence-corrected chi connectivity index (χ3v) is 6.46. The second-order valence-electron chi connectivity index (χ2n) is 8.63. The maximum absolute atomic E-state index is 12.7. The minimum Gasteiger partial charge on any atom is -0.497 e. The van der Waals surface area contributed by atoms with Crippen LogP contribution in [0.25, 0.3) is 16.8 Å². The van der Waals surface area contributed by atoms with Crippen molar-refractivity contribution in [3.63, 3.8) is 0 Å². The monoisotopic (exact) mass is 455 g/mol. The average Bonchev–Trinajstić information content (AvgIpc) is 3.34. The lowest BCUT2D eigenvalue weighted by Gasteiger charge is -2.32. The number of aromatic nitrogens is 3. The van der Waals surface area contributed by atoms with E-state index >= 15 is 0 Å². The summed E-state index contributed by atoms with van der Waals surface area (Å²) >= 11 is 0. The van der Waals surface area contributed by atoms with Crippen LogP contribution in [0.1, 0.15) is 18.4 Å². The Morgan fingerprint density at radius 3 is 2.71 bits per heavy atom. The van der Waals surface area contributed by atoms with Gasteiger partial charge in [0.05, 0.1) is 12.8 Å². The summed E-state index contributed by atoms with van der Waals surface area (Å²) in [5.74, 6) is 1.92. The molecule has 2 aromatic carbocycles. The normalized spacial score (nSPS) is 14.3. The Kier molecular flexibility index (Phi) is 6.42. The van der Waals surface area contributed by atoms with E-state index in [1.165, 1.54) is 5.56 Å². The molecule has 0 bridgehead atoms. The van der Waals surface area contributed by atoms with Crippen molar-refractivity contribution in [2.24, 2.45) is 5.92 Å². The number of fused-ring (bicyclic) bond motifs is 1. The molecule has 0 spiro atoms. The van der Waals surface area contributed by atoms with Gasteiger partial charge in [-0.2, -0.15) is 5.10 Å². The number of hydrogen-bond donors (Lipinski definition) is 1. The maximum atomic E-state index is 12.7. The number of ether oxygens (including phenoxy) is 1. The molecular weight excluding hydrogens is 426 g/mol. The molecule has 0 aliphatic carbocycles. The van der Waals surface area contributed by atoms with E-state index in [9.17, 15) is 4.79 Å². The molecule has 0 unspecified atom stereocenters. The molecule has 1 saturated heterocycles. The zero-order chi connectivity index (χ0) is 23.3. The van der Waals surface area contributed by atoms with Gasteiger partial charge in [-0.3, -0.25) is 4.79 Å². The van der Waals surface area contributed by atoms with Crippen LogP contribution < -0.4 is 15.0 Å². The fourth-order valence-electron chi connectivity index (χ4n) is 4.55. The number of methoxy groups -OCH3 is 1. The number of benzene rings is 2. The molecule has 5 rings (SSSR count). The second-order valence-corrected chi connectivity index (χ2v) is 8.63. The first kappa shape index (κ1) is 21.9. The molecule has 2 aromatic heterocycles. The van der Waals surface area contributed by atoms with Gasteiger partial charge in [-0.05, 0) is 43.0 Å². The number of piperidine rings is 1. The van der Waals surface area contributed by atoms with Gasteiger partial charge in [0.1, 0.15) is 11.3 Å². The first-order valence-electron chi connectivity index (χ1n) is 11.8. The highest BCUT2D eigenvalue weighted by Crippen LogP contribution is 2.29. The molecule has 0 radical (unpaired) electrons. The van der Waals surface area contributed by atoms with Crippen molar-refractivity contribution in [3.8, 4) is 17.0 Å². The van der Waals surface area contributed by atoms with Crippen LogP contribution in [-0.2, 0) is 11.2 Å². The largest absolute Gasteiger partial charge is 0.497 e. The number of amides is 1. The Hall–Kier alpha value is -3.87. The minimum absolute atomic E-state index is 0.0454. The van der Waals surface area contributed by atoms with E-state index in [2.05, 4.69) is 33.4 Å². The molecule has 1 amide bonds. The molecular formula is C27H29N5O2. The lowest BCUT2D eigenvalue weighted by atomic mass is 9.95. The molecule has 34 heavy (non-hydrogen) atoms. The number of anilines is 1. The van der Waals surface area contributed by atoms with Gasteiger partial charge < -0.3 is 15.0 Å². The minimum atomic E-state index is 0.0454. The Bertz CT molecular complexity index is 1260. The second kappa shape index (κ2) is 9.95. The average molecular weight is 456 g/mol. The Balaban J connectivity index is 1.23. The van der Waals surface area contributed by atoms with Gasteiger partial charge in [-0.15, -0.1) is 0 Å². The van der Waals surface area contributed by atoms with E-state index < -0.39 is 0 Å². The summed E-state index contributed by atoms with van der Waals surface area (Å²) in [6.45, 7) is 2.26. The van der Waals surface area contributed by atoms with E-state index in [-0.39, 0.29) is 11.8 Å². The van der Waals surface area contributed by atoms with Crippen LogP contribution in [0.15, 0.2) is 73.1 Å². The van der Waals surface area contributed by atoms with Crippen molar-refractivity contribution in [1.82, 2.24) is 19.9 Å². The quantitative estimate of drug-likeness (QED) is 0.456. The molecule has 7 nitrogen and oxygen atoms in total. The maximum Gasteiger partial charge on any atom is 0.223 e. The Morgan fingerprint density at radius 2 is 1.91 bits per heavy atom. The molecule has 7 heteroatoms. The standard InChI is InChI=1S/C27H29N5O2/c1-34-23-9-5-8-22(18-23)24-19-25-26(28-14-17-32(25)30-24)31-15-11-21(12-16-31)27(33)29-13-10-20-6-3-2-4-7-20/h2-9,14,17-19,21H,10-13,15-16H2,1H3,(H,29,33). The van der Waals surface area contributed by atoms with E-state index in [0.29, 0.717) is 6.54 Å². The predicted octanol–water partition coefficient (Wildman–Crippen LogP) is 3.98. The molecule has 0 saturated carbocycles. The molecule has 1 aliphatic rings.